The van der Waals surface area contributed by atoms with Crippen LogP contribution in [0.4, 0.5) is 0 Å². The van der Waals surface area contributed by atoms with Crippen molar-refractivity contribution in [3.05, 3.63) is 0 Å². The molecule has 0 spiro atoms. The molecule has 0 bridgehead atoms. The Labute approximate surface area is 64.5 Å². The van der Waals surface area contributed by atoms with Crippen molar-refractivity contribution in [1.29, 1.82) is 0 Å². The largest absolute Gasteiger partial charge is 0.394 e. The summed E-state index contributed by atoms with van der Waals surface area (Å²) in [6, 6.07) is 0. The Morgan fingerprint density at radius 2 is 2.00 bits per heavy atom. The van der Waals surface area contributed by atoms with E-state index in [0.717, 1.165) is 0 Å². The van der Waals surface area contributed by atoms with Crippen molar-refractivity contribution in [3.63, 3.8) is 0 Å². The van der Waals surface area contributed by atoms with Gasteiger partial charge < -0.3 is 20.1 Å². The average molecular weight is 160 g/mol. The third-order valence-corrected chi connectivity index (χ3v) is 2.20. The van der Waals surface area contributed by atoms with Gasteiger partial charge in [0.05, 0.1) is 18.1 Å². The van der Waals surface area contributed by atoms with Crippen LogP contribution in [0.25, 0.3) is 0 Å². The number of hydrogen-bond acceptors (Lipinski definition) is 4. The molecule has 4 heteroatoms. The Morgan fingerprint density at radius 1 is 1.45 bits per heavy atom. The summed E-state index contributed by atoms with van der Waals surface area (Å²) in [4.78, 5) is 10.4. The lowest BCUT2D eigenvalue weighted by Gasteiger charge is -2.20. The second-order valence-corrected chi connectivity index (χ2v) is 3.05. The van der Waals surface area contributed by atoms with E-state index in [1.807, 2.05) is 0 Å². The van der Waals surface area contributed by atoms with Gasteiger partial charge in [0.2, 0.25) is 0 Å². The summed E-state index contributed by atoms with van der Waals surface area (Å²) in [6.45, 7) is -0.503. The fourth-order valence-electron chi connectivity index (χ4n) is 1.11. The molecule has 0 aromatic rings. The summed E-state index contributed by atoms with van der Waals surface area (Å²) < 4.78 is 0. The van der Waals surface area contributed by atoms with Crippen LogP contribution in [-0.2, 0) is 4.79 Å². The van der Waals surface area contributed by atoms with Gasteiger partial charge in [-0.25, -0.2) is 0 Å². The lowest BCUT2D eigenvalue weighted by molar-refractivity contribution is -0.121. The summed E-state index contributed by atoms with van der Waals surface area (Å²) >= 11 is 0. The minimum Gasteiger partial charge on any atom is -0.394 e. The number of aliphatic hydroxyl groups is 3. The van der Waals surface area contributed by atoms with E-state index in [0.29, 0.717) is 19.1 Å². The van der Waals surface area contributed by atoms with Gasteiger partial charge in [0, 0.05) is 0 Å². The van der Waals surface area contributed by atoms with Crippen LogP contribution in [0.5, 0.6) is 0 Å². The Morgan fingerprint density at radius 3 is 2.27 bits per heavy atom. The van der Waals surface area contributed by atoms with E-state index in [-0.39, 0.29) is 0 Å². The van der Waals surface area contributed by atoms with Gasteiger partial charge in [-0.2, -0.15) is 0 Å². The van der Waals surface area contributed by atoms with Gasteiger partial charge in [0.1, 0.15) is 12.4 Å². The molecule has 0 saturated heterocycles. The van der Waals surface area contributed by atoms with E-state index < -0.39 is 24.2 Å². The van der Waals surface area contributed by atoms with Crippen molar-refractivity contribution < 1.29 is 20.1 Å². The zero-order valence-corrected chi connectivity index (χ0v) is 6.10. The van der Waals surface area contributed by atoms with Crippen molar-refractivity contribution in [1.82, 2.24) is 0 Å². The minimum atomic E-state index is -1.19. The van der Waals surface area contributed by atoms with Gasteiger partial charge >= 0.3 is 0 Å². The molecule has 64 valence electrons. The maximum absolute atomic E-state index is 10.4. The fourth-order valence-corrected chi connectivity index (χ4v) is 1.11. The Bertz CT molecular complexity index is 153. The van der Waals surface area contributed by atoms with E-state index in [2.05, 4.69) is 0 Å². The highest BCUT2D eigenvalue weighted by atomic mass is 16.4. The second kappa shape index (κ2) is 2.89. The molecule has 11 heavy (non-hydrogen) atoms. The molecule has 1 rings (SSSR count). The molecule has 0 heterocycles. The highest BCUT2D eigenvalue weighted by molar-refractivity contribution is 5.64. The molecule has 1 fully saturated rings. The van der Waals surface area contributed by atoms with Crippen LogP contribution in [0.15, 0.2) is 0 Å². The number of hydrogen-bond donors (Lipinski definition) is 3. The molecular formula is C7H12O4. The Kier molecular flexibility index (Phi) is 2.27. The predicted octanol–water partition coefficient (Wildman–Crippen LogP) is -1.32. The van der Waals surface area contributed by atoms with Crippen LogP contribution in [0, 0.1) is 5.41 Å². The van der Waals surface area contributed by atoms with Gasteiger partial charge in [-0.05, 0) is 12.8 Å². The van der Waals surface area contributed by atoms with Gasteiger partial charge in [0.25, 0.3) is 0 Å². The van der Waals surface area contributed by atoms with Crippen LogP contribution >= 0.6 is 0 Å². The van der Waals surface area contributed by atoms with Crippen molar-refractivity contribution >= 4 is 6.29 Å². The van der Waals surface area contributed by atoms with Gasteiger partial charge in [-0.3, -0.25) is 0 Å². The third-order valence-electron chi connectivity index (χ3n) is 2.20. The monoisotopic (exact) mass is 160 g/mol. The normalized spacial score (nSPS) is 25.7. The van der Waals surface area contributed by atoms with Crippen molar-refractivity contribution in [2.24, 2.45) is 5.41 Å². The first-order valence-electron chi connectivity index (χ1n) is 3.59. The highest BCUT2D eigenvalue weighted by Gasteiger charge is 2.51. The topological polar surface area (TPSA) is 77.8 Å². The first kappa shape index (κ1) is 8.64. The molecule has 2 atom stereocenters. The average Bonchev–Trinajstić information content (AvgIpc) is 2.82. The number of aldehydes is 1. The molecule has 0 aromatic carbocycles. The number of carbonyl (C=O) groups is 1. The van der Waals surface area contributed by atoms with Crippen molar-refractivity contribution in [2.45, 2.75) is 25.0 Å². The van der Waals surface area contributed by atoms with Crippen molar-refractivity contribution in [2.75, 3.05) is 6.61 Å². The van der Waals surface area contributed by atoms with E-state index >= 15 is 0 Å². The third kappa shape index (κ3) is 1.42. The minimum absolute atomic E-state index is 0.503. The van der Waals surface area contributed by atoms with E-state index in [1.165, 1.54) is 0 Å². The molecule has 2 unspecified atom stereocenters. The van der Waals surface area contributed by atoms with Gasteiger partial charge in [-0.1, -0.05) is 0 Å². The molecule has 1 aliphatic carbocycles. The predicted molar refractivity (Wildman–Crippen MR) is 36.8 cm³/mol. The van der Waals surface area contributed by atoms with Crippen LogP contribution in [0.1, 0.15) is 12.8 Å². The zero-order chi connectivity index (χ0) is 8.48. The van der Waals surface area contributed by atoms with E-state index in [9.17, 15) is 9.90 Å². The molecular weight excluding hydrogens is 148 g/mol. The highest BCUT2D eigenvalue weighted by Crippen LogP contribution is 2.47. The quantitative estimate of drug-likeness (QED) is 0.446. The SMILES string of the molecule is O=CC1(C(O)C(O)CO)CC1. The fraction of sp³-hybridized carbons (Fsp3) is 0.857. The molecule has 0 aromatic heterocycles. The zero-order valence-electron chi connectivity index (χ0n) is 6.10. The summed E-state index contributed by atoms with van der Waals surface area (Å²) in [6.07, 6.45) is -0.423. The number of carbonyl (C=O) groups excluding carboxylic acids is 1. The van der Waals surface area contributed by atoms with Gasteiger partial charge in [-0.15, -0.1) is 0 Å². The summed E-state index contributed by atoms with van der Waals surface area (Å²) in [5.41, 5.74) is -0.762. The lowest BCUT2D eigenvalue weighted by Crippen LogP contribution is -2.38. The van der Waals surface area contributed by atoms with E-state index in [1.54, 1.807) is 0 Å². The first-order chi connectivity index (χ1) is 5.16. The molecule has 1 aliphatic rings. The Hall–Kier alpha value is -0.450. The number of aliphatic hydroxyl groups excluding tert-OH is 3. The molecule has 0 amide bonds. The van der Waals surface area contributed by atoms with Crippen molar-refractivity contribution in [3.8, 4) is 0 Å². The summed E-state index contributed by atoms with van der Waals surface area (Å²) in [7, 11) is 0. The number of rotatable bonds is 4. The molecule has 1 saturated carbocycles. The van der Waals surface area contributed by atoms with E-state index in [4.69, 9.17) is 10.2 Å². The van der Waals surface area contributed by atoms with Crippen LogP contribution in [0.2, 0.25) is 0 Å². The first-order valence-corrected chi connectivity index (χ1v) is 3.59. The molecule has 0 radical (unpaired) electrons. The molecule has 4 nitrogen and oxygen atoms in total. The summed E-state index contributed by atoms with van der Waals surface area (Å²) in [5.74, 6) is 0. The standard InChI is InChI=1S/C7H12O4/c8-3-5(10)6(11)7(4-9)1-2-7/h4-6,8,10-11H,1-3H2. The molecule has 3 N–H and O–H groups in total. The molecule has 0 aliphatic heterocycles. The van der Waals surface area contributed by atoms with Gasteiger partial charge in [0.15, 0.2) is 0 Å². The van der Waals surface area contributed by atoms with Crippen LogP contribution < -0.4 is 0 Å². The Balaban J connectivity index is 2.52. The smallest absolute Gasteiger partial charge is 0.128 e. The summed E-state index contributed by atoms with van der Waals surface area (Å²) in [5, 5.41) is 26.7. The second-order valence-electron chi connectivity index (χ2n) is 3.05. The van der Waals surface area contributed by atoms with Crippen LogP contribution in [0.3, 0.4) is 0 Å². The lowest BCUT2D eigenvalue weighted by atomic mass is 9.97. The maximum Gasteiger partial charge on any atom is 0.128 e. The maximum atomic E-state index is 10.4. The van der Waals surface area contributed by atoms with Crippen LogP contribution in [-0.4, -0.2) is 40.4 Å².